The quantitative estimate of drug-likeness (QED) is 0.606. The third-order valence-electron chi connectivity index (χ3n) is 3.71. The summed E-state index contributed by atoms with van der Waals surface area (Å²) in [6, 6.07) is 20.4. The van der Waals surface area contributed by atoms with E-state index in [2.05, 4.69) is 59.9 Å². The maximum Gasteiger partial charge on any atom is 0.0688 e. The summed E-state index contributed by atoms with van der Waals surface area (Å²) in [5.41, 5.74) is 7.74. The van der Waals surface area contributed by atoms with Crippen molar-refractivity contribution < 1.29 is 0 Å². The maximum atomic E-state index is 4.66. The van der Waals surface area contributed by atoms with Crippen LogP contribution >= 0.6 is 0 Å². The number of anilines is 1. The molecular formula is C20H20N2. The van der Waals surface area contributed by atoms with E-state index in [9.17, 15) is 0 Å². The van der Waals surface area contributed by atoms with E-state index in [-0.39, 0.29) is 0 Å². The van der Waals surface area contributed by atoms with E-state index < -0.39 is 0 Å². The zero-order chi connectivity index (χ0) is 15.2. The highest BCUT2D eigenvalue weighted by molar-refractivity contribution is 6.01. The molecule has 3 rings (SSSR count). The van der Waals surface area contributed by atoms with Gasteiger partial charge < -0.3 is 0 Å². The molecule has 0 amide bonds. The van der Waals surface area contributed by atoms with E-state index in [0.29, 0.717) is 5.92 Å². The van der Waals surface area contributed by atoms with Crippen molar-refractivity contribution >= 4 is 11.4 Å². The molecule has 0 spiro atoms. The number of hydrazone groups is 1. The molecule has 0 saturated carbocycles. The Labute approximate surface area is 131 Å². The lowest BCUT2D eigenvalue weighted by Gasteiger charge is -2.11. The van der Waals surface area contributed by atoms with Gasteiger partial charge in [0.05, 0.1) is 11.4 Å². The Kier molecular flexibility index (Phi) is 4.50. The minimum atomic E-state index is 0.427. The largest absolute Gasteiger partial charge is 0.278 e. The summed E-state index contributed by atoms with van der Waals surface area (Å²) in [5, 5.41) is 4.66. The first-order chi connectivity index (χ1) is 10.8. The molecule has 2 heteroatoms. The molecule has 0 saturated heterocycles. The highest BCUT2D eigenvalue weighted by Crippen LogP contribution is 2.21. The number of hydrogen-bond donors (Lipinski definition) is 1. The summed E-state index contributed by atoms with van der Waals surface area (Å²) < 4.78 is 0. The number of nitrogens with one attached hydrogen (secondary N) is 1. The van der Waals surface area contributed by atoms with E-state index >= 15 is 0 Å². The maximum absolute atomic E-state index is 4.66. The van der Waals surface area contributed by atoms with Crippen LogP contribution in [0.2, 0.25) is 0 Å². The van der Waals surface area contributed by atoms with Crippen molar-refractivity contribution in [3.05, 3.63) is 90.0 Å². The van der Waals surface area contributed by atoms with Gasteiger partial charge in [-0.3, -0.25) is 5.43 Å². The van der Waals surface area contributed by atoms with E-state index in [1.807, 2.05) is 36.4 Å². The number of rotatable bonds is 5. The molecule has 0 heterocycles. The molecule has 1 aliphatic carbocycles. The molecule has 1 unspecified atom stereocenters. The van der Waals surface area contributed by atoms with E-state index in [1.54, 1.807) is 0 Å². The number of benzene rings is 2. The monoisotopic (exact) mass is 288 g/mol. The third-order valence-corrected chi connectivity index (χ3v) is 3.71. The van der Waals surface area contributed by atoms with Crippen LogP contribution in [0.1, 0.15) is 18.9 Å². The number of hydrogen-bond acceptors (Lipinski definition) is 2. The molecule has 22 heavy (non-hydrogen) atoms. The third kappa shape index (κ3) is 3.73. The van der Waals surface area contributed by atoms with Crippen LogP contribution in [0.5, 0.6) is 0 Å². The lowest BCUT2D eigenvalue weighted by atomic mass is 9.98. The normalized spacial score (nSPS) is 17.4. The Balaban J connectivity index is 1.81. The van der Waals surface area contributed by atoms with Gasteiger partial charge in [0.1, 0.15) is 0 Å². The zero-order valence-electron chi connectivity index (χ0n) is 12.7. The molecule has 0 bridgehead atoms. The van der Waals surface area contributed by atoms with Crippen molar-refractivity contribution in [2.24, 2.45) is 11.0 Å². The van der Waals surface area contributed by atoms with Crippen molar-refractivity contribution in [2.45, 2.75) is 13.3 Å². The lowest BCUT2D eigenvalue weighted by molar-refractivity contribution is 0.870. The van der Waals surface area contributed by atoms with Gasteiger partial charge in [-0.05, 0) is 24.6 Å². The first-order valence-electron chi connectivity index (χ1n) is 7.61. The second-order valence-corrected chi connectivity index (χ2v) is 5.54. The van der Waals surface area contributed by atoms with Gasteiger partial charge >= 0.3 is 0 Å². The predicted molar refractivity (Wildman–Crippen MR) is 94.0 cm³/mol. The molecule has 1 aliphatic rings. The van der Waals surface area contributed by atoms with Crippen LogP contribution in [-0.4, -0.2) is 5.71 Å². The number of allylic oxidation sites excluding steroid dienone is 4. The number of para-hydroxylation sites is 1. The van der Waals surface area contributed by atoms with Gasteiger partial charge in [0.25, 0.3) is 0 Å². The predicted octanol–water partition coefficient (Wildman–Crippen LogP) is 5.03. The minimum Gasteiger partial charge on any atom is -0.278 e. The molecule has 110 valence electrons. The molecule has 0 radical (unpaired) electrons. The summed E-state index contributed by atoms with van der Waals surface area (Å²) in [5.74, 6) is 0.427. The molecule has 0 aliphatic heterocycles. The van der Waals surface area contributed by atoms with Crippen LogP contribution in [0.15, 0.2) is 89.6 Å². The molecule has 2 aromatic carbocycles. The van der Waals surface area contributed by atoms with Crippen LogP contribution < -0.4 is 5.43 Å². The highest BCUT2D eigenvalue weighted by Gasteiger charge is 2.12. The van der Waals surface area contributed by atoms with E-state index in [0.717, 1.165) is 23.4 Å². The van der Waals surface area contributed by atoms with Crippen LogP contribution in [0, 0.1) is 5.92 Å². The van der Waals surface area contributed by atoms with Crippen LogP contribution in [0.25, 0.3) is 0 Å². The fraction of sp³-hybridized carbons (Fsp3) is 0.150. The van der Waals surface area contributed by atoms with Crippen molar-refractivity contribution in [1.82, 2.24) is 0 Å². The topological polar surface area (TPSA) is 24.4 Å². The molecule has 0 fully saturated rings. The Morgan fingerprint density at radius 1 is 1.00 bits per heavy atom. The average molecular weight is 288 g/mol. The highest BCUT2D eigenvalue weighted by atomic mass is 15.3. The fourth-order valence-electron chi connectivity index (χ4n) is 2.58. The fourth-order valence-corrected chi connectivity index (χ4v) is 2.58. The van der Waals surface area contributed by atoms with E-state index in [4.69, 9.17) is 0 Å². The first kappa shape index (κ1) is 14.3. The SMILES string of the molecule is CC1=CC(CC(=NNc2ccccc2)c2ccccc2)C=C1. The van der Waals surface area contributed by atoms with Crippen LogP contribution in [0.4, 0.5) is 5.69 Å². The Morgan fingerprint density at radius 3 is 2.32 bits per heavy atom. The lowest BCUT2D eigenvalue weighted by Crippen LogP contribution is -2.08. The molecule has 1 N–H and O–H groups in total. The van der Waals surface area contributed by atoms with Gasteiger partial charge in [-0.2, -0.15) is 5.10 Å². The first-order valence-corrected chi connectivity index (χ1v) is 7.61. The summed E-state index contributed by atoms with van der Waals surface area (Å²) >= 11 is 0. The van der Waals surface area contributed by atoms with Gasteiger partial charge in [-0.25, -0.2) is 0 Å². The molecule has 2 nitrogen and oxygen atoms in total. The smallest absolute Gasteiger partial charge is 0.0688 e. The molecule has 1 atom stereocenters. The summed E-state index contributed by atoms with van der Waals surface area (Å²) in [7, 11) is 0. The molecular weight excluding hydrogens is 268 g/mol. The Morgan fingerprint density at radius 2 is 1.68 bits per heavy atom. The second-order valence-electron chi connectivity index (χ2n) is 5.54. The number of nitrogens with zero attached hydrogens (tertiary/aromatic N) is 1. The van der Waals surface area contributed by atoms with Gasteiger partial charge in [0, 0.05) is 12.3 Å². The molecule has 2 aromatic rings. The van der Waals surface area contributed by atoms with Crippen molar-refractivity contribution in [2.75, 3.05) is 5.43 Å². The van der Waals surface area contributed by atoms with Gasteiger partial charge in [0.2, 0.25) is 0 Å². The molecule has 0 aromatic heterocycles. The standard InChI is InChI=1S/C20H20N2/c1-16-12-13-17(14-16)15-20(18-8-4-2-5-9-18)22-21-19-10-6-3-7-11-19/h2-14,17,21H,15H2,1H3. The van der Waals surface area contributed by atoms with Crippen LogP contribution in [0.3, 0.4) is 0 Å². The van der Waals surface area contributed by atoms with Crippen LogP contribution in [-0.2, 0) is 0 Å². The summed E-state index contributed by atoms with van der Waals surface area (Å²) in [4.78, 5) is 0. The van der Waals surface area contributed by atoms with E-state index in [1.165, 1.54) is 5.57 Å². The Bertz CT molecular complexity index is 697. The van der Waals surface area contributed by atoms with Gasteiger partial charge in [-0.1, -0.05) is 72.3 Å². The van der Waals surface area contributed by atoms with Crippen molar-refractivity contribution in [3.8, 4) is 0 Å². The second kappa shape index (κ2) is 6.90. The van der Waals surface area contributed by atoms with Gasteiger partial charge in [0.15, 0.2) is 0 Å². The minimum absolute atomic E-state index is 0.427. The summed E-state index contributed by atoms with van der Waals surface area (Å²) in [6.45, 7) is 2.14. The van der Waals surface area contributed by atoms with Crippen molar-refractivity contribution in [1.29, 1.82) is 0 Å². The average Bonchev–Trinajstić information content (AvgIpc) is 2.98. The summed E-state index contributed by atoms with van der Waals surface area (Å²) in [6.07, 6.45) is 7.62. The van der Waals surface area contributed by atoms with Gasteiger partial charge in [-0.15, -0.1) is 0 Å². The van der Waals surface area contributed by atoms with Crippen molar-refractivity contribution in [3.63, 3.8) is 0 Å². The zero-order valence-corrected chi connectivity index (χ0v) is 12.7. The Hall–Kier alpha value is -2.61.